The molecule has 52 valence electrons. The predicted octanol–water partition coefficient (Wildman–Crippen LogP) is 0.839. The molecule has 1 aliphatic carbocycles. The van der Waals surface area contributed by atoms with Gasteiger partial charge in [-0.25, -0.2) is 0 Å². The second-order valence-corrected chi connectivity index (χ2v) is 2.39. The normalized spacial score (nSPS) is 20.0. The van der Waals surface area contributed by atoms with E-state index in [2.05, 4.69) is 0 Å². The van der Waals surface area contributed by atoms with Crippen LogP contribution in [0.3, 0.4) is 0 Å². The molecule has 1 rings (SSSR count). The Morgan fingerprint density at radius 1 is 1.44 bits per heavy atom. The predicted molar refractivity (Wildman–Crippen MR) is 35.3 cm³/mol. The van der Waals surface area contributed by atoms with Crippen LogP contribution in [0.25, 0.3) is 0 Å². The SMILES string of the molecule is N=C(N)OC1CCCC1. The van der Waals surface area contributed by atoms with Gasteiger partial charge in [0.05, 0.1) is 0 Å². The van der Waals surface area contributed by atoms with Crippen LogP contribution in [0.5, 0.6) is 0 Å². The molecular weight excluding hydrogens is 116 g/mol. The van der Waals surface area contributed by atoms with Crippen molar-refractivity contribution in [3.63, 3.8) is 0 Å². The van der Waals surface area contributed by atoms with Gasteiger partial charge in [0.25, 0.3) is 6.02 Å². The van der Waals surface area contributed by atoms with Gasteiger partial charge >= 0.3 is 0 Å². The Morgan fingerprint density at radius 3 is 2.44 bits per heavy atom. The first-order chi connectivity index (χ1) is 4.29. The fourth-order valence-corrected chi connectivity index (χ4v) is 1.19. The van der Waals surface area contributed by atoms with Crippen LogP contribution >= 0.6 is 0 Å². The lowest BCUT2D eigenvalue weighted by atomic mass is 10.3. The monoisotopic (exact) mass is 128 g/mol. The average molecular weight is 128 g/mol. The van der Waals surface area contributed by atoms with Gasteiger partial charge in [-0.2, -0.15) is 0 Å². The quantitative estimate of drug-likeness (QED) is 0.406. The van der Waals surface area contributed by atoms with Gasteiger partial charge in [0.1, 0.15) is 6.10 Å². The largest absolute Gasteiger partial charge is 0.462 e. The summed E-state index contributed by atoms with van der Waals surface area (Å²) in [5.41, 5.74) is 5.03. The first-order valence-corrected chi connectivity index (χ1v) is 3.29. The standard InChI is InChI=1S/C6H12N2O/c7-6(8)9-5-3-1-2-4-5/h5H,1-4H2,(H3,7,8). The highest BCUT2D eigenvalue weighted by Crippen LogP contribution is 2.20. The van der Waals surface area contributed by atoms with Gasteiger partial charge in [0, 0.05) is 0 Å². The lowest BCUT2D eigenvalue weighted by Gasteiger charge is -2.08. The summed E-state index contributed by atoms with van der Waals surface area (Å²) in [6.45, 7) is 0. The van der Waals surface area contributed by atoms with Crippen molar-refractivity contribution in [2.75, 3.05) is 0 Å². The van der Waals surface area contributed by atoms with E-state index in [4.69, 9.17) is 15.9 Å². The third-order valence-corrected chi connectivity index (χ3v) is 1.60. The first kappa shape index (κ1) is 6.39. The molecule has 3 N–H and O–H groups in total. The van der Waals surface area contributed by atoms with Crippen LogP contribution in [0.2, 0.25) is 0 Å². The van der Waals surface area contributed by atoms with Gasteiger partial charge in [-0.3, -0.25) is 5.41 Å². The minimum Gasteiger partial charge on any atom is -0.462 e. The lowest BCUT2D eigenvalue weighted by Crippen LogP contribution is -2.20. The molecule has 0 amide bonds. The summed E-state index contributed by atoms with van der Waals surface area (Å²) in [5, 5.41) is 6.81. The van der Waals surface area contributed by atoms with Gasteiger partial charge in [0.2, 0.25) is 0 Å². The van der Waals surface area contributed by atoms with Crippen molar-refractivity contribution in [2.24, 2.45) is 5.73 Å². The number of nitrogens with one attached hydrogen (secondary N) is 1. The van der Waals surface area contributed by atoms with Crippen LogP contribution in [0.1, 0.15) is 25.7 Å². The molecule has 3 heteroatoms. The van der Waals surface area contributed by atoms with Crippen LogP contribution < -0.4 is 5.73 Å². The van der Waals surface area contributed by atoms with E-state index in [1.165, 1.54) is 12.8 Å². The van der Waals surface area contributed by atoms with Gasteiger partial charge in [0.15, 0.2) is 0 Å². The summed E-state index contributed by atoms with van der Waals surface area (Å²) in [4.78, 5) is 0. The molecule has 1 fully saturated rings. The number of hydrogen-bond acceptors (Lipinski definition) is 2. The molecule has 0 saturated heterocycles. The van der Waals surface area contributed by atoms with Crippen molar-refractivity contribution in [1.29, 1.82) is 5.41 Å². The molecule has 0 heterocycles. The zero-order valence-corrected chi connectivity index (χ0v) is 5.39. The van der Waals surface area contributed by atoms with Crippen molar-refractivity contribution < 1.29 is 4.74 Å². The maximum atomic E-state index is 6.81. The van der Waals surface area contributed by atoms with Gasteiger partial charge < -0.3 is 10.5 Å². The van der Waals surface area contributed by atoms with E-state index in [-0.39, 0.29) is 12.1 Å². The van der Waals surface area contributed by atoms with Crippen LogP contribution in [-0.4, -0.2) is 12.1 Å². The Balaban J connectivity index is 2.19. The van der Waals surface area contributed by atoms with E-state index in [0.29, 0.717) is 0 Å². The van der Waals surface area contributed by atoms with Gasteiger partial charge in [-0.05, 0) is 25.7 Å². The minimum absolute atomic E-state index is 0.137. The van der Waals surface area contributed by atoms with E-state index >= 15 is 0 Å². The second kappa shape index (κ2) is 2.71. The van der Waals surface area contributed by atoms with Crippen molar-refractivity contribution in [3.8, 4) is 0 Å². The van der Waals surface area contributed by atoms with Crippen molar-refractivity contribution in [3.05, 3.63) is 0 Å². The summed E-state index contributed by atoms with van der Waals surface area (Å²) in [7, 11) is 0. The van der Waals surface area contributed by atoms with Crippen LogP contribution in [0.15, 0.2) is 0 Å². The van der Waals surface area contributed by atoms with Crippen LogP contribution in [0, 0.1) is 5.41 Å². The maximum Gasteiger partial charge on any atom is 0.279 e. The molecule has 1 aliphatic rings. The van der Waals surface area contributed by atoms with E-state index in [1.54, 1.807) is 0 Å². The van der Waals surface area contributed by atoms with E-state index in [0.717, 1.165) is 12.8 Å². The highest BCUT2D eigenvalue weighted by molar-refractivity contribution is 5.67. The zero-order valence-electron chi connectivity index (χ0n) is 5.39. The molecule has 0 aliphatic heterocycles. The minimum atomic E-state index is -0.137. The van der Waals surface area contributed by atoms with E-state index < -0.39 is 0 Å². The zero-order chi connectivity index (χ0) is 6.69. The highest BCUT2D eigenvalue weighted by Gasteiger charge is 2.15. The van der Waals surface area contributed by atoms with Gasteiger partial charge in [-0.15, -0.1) is 0 Å². The molecule has 0 radical (unpaired) electrons. The molecule has 0 bridgehead atoms. The highest BCUT2D eigenvalue weighted by atomic mass is 16.5. The van der Waals surface area contributed by atoms with Crippen LogP contribution in [0.4, 0.5) is 0 Å². The second-order valence-electron chi connectivity index (χ2n) is 2.39. The Labute approximate surface area is 54.7 Å². The molecular formula is C6H12N2O. The Hall–Kier alpha value is -0.730. The van der Waals surface area contributed by atoms with E-state index in [1.807, 2.05) is 0 Å². The topological polar surface area (TPSA) is 59.1 Å². The number of nitrogens with two attached hydrogens (primary N) is 1. The number of amidine groups is 1. The summed E-state index contributed by atoms with van der Waals surface area (Å²) in [6.07, 6.45) is 4.82. The third-order valence-electron chi connectivity index (χ3n) is 1.60. The first-order valence-electron chi connectivity index (χ1n) is 3.29. The van der Waals surface area contributed by atoms with Crippen molar-refractivity contribution >= 4 is 6.02 Å². The summed E-state index contributed by atoms with van der Waals surface area (Å²) < 4.78 is 4.97. The molecule has 9 heavy (non-hydrogen) atoms. The summed E-state index contributed by atoms with van der Waals surface area (Å²) in [5.74, 6) is 0. The Morgan fingerprint density at radius 2 is 2.00 bits per heavy atom. The Bertz CT molecular complexity index is 108. The molecule has 3 nitrogen and oxygen atoms in total. The summed E-state index contributed by atoms with van der Waals surface area (Å²) in [6, 6.07) is -0.137. The maximum absolute atomic E-state index is 6.81. The molecule has 0 aromatic heterocycles. The smallest absolute Gasteiger partial charge is 0.279 e. The molecule has 0 atom stereocenters. The third kappa shape index (κ3) is 1.91. The van der Waals surface area contributed by atoms with Crippen molar-refractivity contribution in [1.82, 2.24) is 0 Å². The molecule has 0 aromatic carbocycles. The lowest BCUT2D eigenvalue weighted by molar-refractivity contribution is 0.191. The molecule has 0 spiro atoms. The summed E-state index contributed by atoms with van der Waals surface area (Å²) >= 11 is 0. The van der Waals surface area contributed by atoms with Crippen LogP contribution in [-0.2, 0) is 4.74 Å². The van der Waals surface area contributed by atoms with E-state index in [9.17, 15) is 0 Å². The molecule has 0 aromatic rings. The number of hydrogen-bond donors (Lipinski definition) is 2. The number of rotatable bonds is 1. The van der Waals surface area contributed by atoms with Crippen molar-refractivity contribution in [2.45, 2.75) is 31.8 Å². The molecule has 1 saturated carbocycles. The fraction of sp³-hybridized carbons (Fsp3) is 0.833. The average Bonchev–Trinajstić information content (AvgIpc) is 2.15. The van der Waals surface area contributed by atoms with Gasteiger partial charge in [-0.1, -0.05) is 0 Å². The fourth-order valence-electron chi connectivity index (χ4n) is 1.19. The number of ether oxygens (including phenoxy) is 1. The Kier molecular flexibility index (Phi) is 1.92. The molecule has 0 unspecified atom stereocenters.